The Morgan fingerprint density at radius 2 is 1.81 bits per heavy atom. The van der Waals surface area contributed by atoms with Crippen LogP contribution < -0.4 is 5.73 Å². The van der Waals surface area contributed by atoms with Crippen molar-refractivity contribution in [3.05, 3.63) is 77.0 Å². The highest BCUT2D eigenvalue weighted by Gasteiger charge is 2.37. The summed E-state index contributed by atoms with van der Waals surface area (Å²) in [6.45, 7) is 0.949. The fourth-order valence-corrected chi connectivity index (χ4v) is 5.05. The van der Waals surface area contributed by atoms with Crippen LogP contribution in [0, 0.1) is 5.92 Å². The molecule has 2 fully saturated rings. The zero-order chi connectivity index (χ0) is 24.8. The standard InChI is InChI=1S/C27H25ClN6O2/c28-20-13-21(16-4-2-1-3-5-16)30-23-12-18(8-9-19(20)23)26(35)33-10-11-34(25(29)15-33)27(36)24-14-22(31-32-24)17-6-7-17/h1-5,8-9,12-14,17,22,25H,6-7,10-11,15,29H2/t22?,25-/m0/s1. The molecule has 3 heterocycles. The number of nitrogens with zero attached hydrogens (tertiary/aromatic N) is 5. The maximum Gasteiger partial charge on any atom is 0.275 e. The van der Waals surface area contributed by atoms with Crippen LogP contribution in [-0.4, -0.2) is 58.4 Å². The average molecular weight is 501 g/mol. The quantitative estimate of drug-likeness (QED) is 0.578. The zero-order valence-corrected chi connectivity index (χ0v) is 20.3. The van der Waals surface area contributed by atoms with Crippen molar-refractivity contribution in [3.63, 3.8) is 0 Å². The van der Waals surface area contributed by atoms with E-state index in [0.717, 1.165) is 29.5 Å². The lowest BCUT2D eigenvalue weighted by Gasteiger charge is -2.39. The minimum atomic E-state index is -0.621. The number of aromatic nitrogens is 1. The van der Waals surface area contributed by atoms with Crippen LogP contribution in [0.15, 0.2) is 76.6 Å². The van der Waals surface area contributed by atoms with Gasteiger partial charge in [0.2, 0.25) is 0 Å². The number of fused-ring (bicyclic) bond motifs is 1. The van der Waals surface area contributed by atoms with Crippen molar-refractivity contribution in [2.45, 2.75) is 25.0 Å². The monoisotopic (exact) mass is 500 g/mol. The third-order valence-electron chi connectivity index (χ3n) is 6.99. The molecular weight excluding hydrogens is 476 g/mol. The van der Waals surface area contributed by atoms with E-state index in [1.807, 2.05) is 48.5 Å². The van der Waals surface area contributed by atoms with Gasteiger partial charge in [-0.3, -0.25) is 9.59 Å². The highest BCUT2D eigenvalue weighted by molar-refractivity contribution is 6.35. The van der Waals surface area contributed by atoms with Gasteiger partial charge in [0.25, 0.3) is 11.8 Å². The number of amides is 2. The largest absolute Gasteiger partial charge is 0.333 e. The predicted molar refractivity (Wildman–Crippen MR) is 137 cm³/mol. The number of halogens is 1. The molecule has 1 aromatic heterocycles. The topological polar surface area (TPSA) is 104 Å². The van der Waals surface area contributed by atoms with Crippen LogP contribution in [0.3, 0.4) is 0 Å². The third-order valence-corrected chi connectivity index (χ3v) is 7.31. The van der Waals surface area contributed by atoms with E-state index < -0.39 is 6.17 Å². The molecule has 6 rings (SSSR count). The summed E-state index contributed by atoms with van der Waals surface area (Å²) in [5.74, 6) is 0.132. The number of rotatable bonds is 4. The Balaban J connectivity index is 1.18. The third kappa shape index (κ3) is 4.27. The van der Waals surface area contributed by atoms with Crippen molar-refractivity contribution >= 4 is 34.3 Å². The van der Waals surface area contributed by atoms with Crippen LogP contribution in [0.1, 0.15) is 23.2 Å². The number of hydrogen-bond acceptors (Lipinski definition) is 6. The van der Waals surface area contributed by atoms with Gasteiger partial charge in [-0.2, -0.15) is 5.11 Å². The first-order valence-electron chi connectivity index (χ1n) is 12.1. The molecule has 9 heteroatoms. The smallest absolute Gasteiger partial charge is 0.275 e. The summed E-state index contributed by atoms with van der Waals surface area (Å²) < 4.78 is 0. The van der Waals surface area contributed by atoms with Crippen molar-refractivity contribution in [2.24, 2.45) is 21.9 Å². The molecule has 182 valence electrons. The zero-order valence-electron chi connectivity index (χ0n) is 19.5. The van der Waals surface area contributed by atoms with Gasteiger partial charge >= 0.3 is 0 Å². The van der Waals surface area contributed by atoms with Gasteiger partial charge in [-0.25, -0.2) is 4.98 Å². The van der Waals surface area contributed by atoms with Crippen molar-refractivity contribution in [1.82, 2.24) is 14.8 Å². The molecule has 2 amide bonds. The second-order valence-corrected chi connectivity index (χ2v) is 9.91. The summed E-state index contributed by atoms with van der Waals surface area (Å²) >= 11 is 6.53. The molecule has 2 N–H and O–H groups in total. The number of azo groups is 1. The lowest BCUT2D eigenvalue weighted by Crippen LogP contribution is -2.60. The van der Waals surface area contributed by atoms with E-state index in [1.165, 1.54) is 0 Å². The molecule has 1 saturated carbocycles. The molecule has 1 unspecified atom stereocenters. The minimum absolute atomic E-state index is 0.0143. The summed E-state index contributed by atoms with van der Waals surface area (Å²) in [5.41, 5.74) is 9.54. The van der Waals surface area contributed by atoms with Crippen molar-refractivity contribution < 1.29 is 9.59 Å². The maximum absolute atomic E-state index is 13.3. The molecule has 2 aromatic carbocycles. The molecule has 0 spiro atoms. The van der Waals surface area contributed by atoms with Crippen LogP contribution in [-0.2, 0) is 4.79 Å². The van der Waals surface area contributed by atoms with Crippen LogP contribution >= 0.6 is 11.6 Å². The first kappa shape index (κ1) is 22.8. The first-order chi connectivity index (χ1) is 17.5. The van der Waals surface area contributed by atoms with Gasteiger partial charge in [0.1, 0.15) is 5.70 Å². The molecule has 3 aromatic rings. The second-order valence-electron chi connectivity index (χ2n) is 9.50. The summed E-state index contributed by atoms with van der Waals surface area (Å²) in [5, 5.41) is 9.68. The van der Waals surface area contributed by atoms with Gasteiger partial charge < -0.3 is 15.5 Å². The molecule has 2 atom stereocenters. The number of benzene rings is 2. The fraction of sp³-hybridized carbons (Fsp3) is 0.296. The molecule has 1 aliphatic carbocycles. The van der Waals surface area contributed by atoms with Gasteiger partial charge in [0.05, 0.1) is 35.0 Å². The van der Waals surface area contributed by atoms with E-state index in [0.29, 0.717) is 40.8 Å². The first-order valence-corrected chi connectivity index (χ1v) is 12.5. The number of hydrogen-bond donors (Lipinski definition) is 1. The molecule has 1 saturated heterocycles. The molecule has 8 nitrogen and oxygen atoms in total. The molecule has 3 aliphatic rings. The number of pyridine rings is 1. The summed E-state index contributed by atoms with van der Waals surface area (Å²) in [6.07, 6.45) is 3.49. The molecule has 0 radical (unpaired) electrons. The van der Waals surface area contributed by atoms with Crippen LogP contribution in [0.4, 0.5) is 0 Å². The Morgan fingerprint density at radius 1 is 1.00 bits per heavy atom. The number of nitrogens with two attached hydrogens (primary N) is 1. The van der Waals surface area contributed by atoms with E-state index in [-0.39, 0.29) is 24.4 Å². The molecule has 2 aliphatic heterocycles. The number of carbonyl (C=O) groups excluding carboxylic acids is 2. The van der Waals surface area contributed by atoms with Gasteiger partial charge in [-0.1, -0.05) is 48.0 Å². The van der Waals surface area contributed by atoms with Crippen molar-refractivity contribution in [1.29, 1.82) is 0 Å². The summed E-state index contributed by atoms with van der Waals surface area (Å²) in [4.78, 5) is 34.3. The van der Waals surface area contributed by atoms with Gasteiger partial charge in [-0.15, -0.1) is 5.11 Å². The SMILES string of the molecule is N[C@@H]1CN(C(=O)c2ccc3c(Cl)cc(-c4ccccc4)nc3c2)CCN1C(=O)C1=CC(C2CC2)N=N1. The van der Waals surface area contributed by atoms with E-state index >= 15 is 0 Å². The molecule has 0 bridgehead atoms. The Kier molecular flexibility index (Phi) is 5.78. The minimum Gasteiger partial charge on any atom is -0.333 e. The van der Waals surface area contributed by atoms with Crippen molar-refractivity contribution in [2.75, 3.05) is 19.6 Å². The van der Waals surface area contributed by atoms with E-state index in [2.05, 4.69) is 10.2 Å². The lowest BCUT2D eigenvalue weighted by atomic mass is 10.1. The summed E-state index contributed by atoms with van der Waals surface area (Å²) in [7, 11) is 0. The van der Waals surface area contributed by atoms with Crippen LogP contribution in [0.25, 0.3) is 22.2 Å². The van der Waals surface area contributed by atoms with Gasteiger partial charge in [-0.05, 0) is 43.0 Å². The lowest BCUT2D eigenvalue weighted by molar-refractivity contribution is -0.131. The number of carbonyl (C=O) groups is 2. The number of piperazine rings is 1. The maximum atomic E-state index is 13.3. The highest BCUT2D eigenvalue weighted by Crippen LogP contribution is 2.38. The second kappa shape index (κ2) is 9.11. The summed E-state index contributed by atoms with van der Waals surface area (Å²) in [6, 6.07) is 17.0. The van der Waals surface area contributed by atoms with E-state index in [1.54, 1.807) is 21.9 Å². The Hall–Kier alpha value is -3.62. The fourth-order valence-electron chi connectivity index (χ4n) is 4.79. The van der Waals surface area contributed by atoms with Crippen molar-refractivity contribution in [3.8, 4) is 11.3 Å². The highest BCUT2D eigenvalue weighted by atomic mass is 35.5. The Bertz CT molecular complexity index is 1420. The van der Waals surface area contributed by atoms with Crippen LogP contribution in [0.2, 0.25) is 5.02 Å². The average Bonchev–Trinajstić information content (AvgIpc) is 3.64. The Morgan fingerprint density at radius 3 is 2.56 bits per heavy atom. The normalized spacial score (nSPS) is 21.7. The Labute approximate surface area is 213 Å². The predicted octanol–water partition coefficient (Wildman–Crippen LogP) is 4.25. The van der Waals surface area contributed by atoms with Gasteiger partial charge in [0.15, 0.2) is 0 Å². The molecule has 36 heavy (non-hydrogen) atoms. The van der Waals surface area contributed by atoms with E-state index in [4.69, 9.17) is 22.3 Å². The van der Waals surface area contributed by atoms with E-state index in [9.17, 15) is 9.59 Å². The van der Waals surface area contributed by atoms with Gasteiger partial charge in [0, 0.05) is 29.6 Å². The molecular formula is C27H25ClN6O2. The van der Waals surface area contributed by atoms with Crippen LogP contribution in [0.5, 0.6) is 0 Å².